The maximum atomic E-state index is 12.4. The highest BCUT2D eigenvalue weighted by atomic mass is 35.5. The Hall–Kier alpha value is -2.84. The van der Waals surface area contributed by atoms with Crippen molar-refractivity contribution >= 4 is 40.7 Å². The number of rotatable bonds is 4. The molecule has 0 heterocycles. The molecule has 0 spiro atoms. The molecule has 0 radical (unpaired) electrons. The number of nitrogens with one attached hydrogen (secondary N) is 3. The Balaban J connectivity index is 1.99. The van der Waals surface area contributed by atoms with Gasteiger partial charge in [0.2, 0.25) is 0 Å². The molecule has 3 N–H and O–H groups in total. The Bertz CT molecular complexity index is 805. The number of methoxy groups -OCH3 is 2. The Morgan fingerprint density at radius 1 is 0.923 bits per heavy atom. The molecule has 0 aromatic heterocycles. The molecule has 0 fully saturated rings. The quantitative estimate of drug-likeness (QED) is 0.545. The number of thiocarbonyl (C=S) groups is 1. The van der Waals surface area contributed by atoms with Crippen LogP contribution in [0.5, 0.6) is 11.5 Å². The predicted octanol–water partition coefficient (Wildman–Crippen LogP) is 2.31. The minimum atomic E-state index is -0.544. The maximum absolute atomic E-state index is 12.4. The van der Waals surface area contributed by atoms with Gasteiger partial charge in [0.1, 0.15) is 17.1 Å². The zero-order valence-electron chi connectivity index (χ0n) is 14.0. The molecule has 0 saturated carbocycles. The second-order valence-electron chi connectivity index (χ2n) is 4.91. The van der Waals surface area contributed by atoms with Crippen molar-refractivity contribution in [3.05, 3.63) is 58.6 Å². The van der Waals surface area contributed by atoms with Gasteiger partial charge >= 0.3 is 0 Å². The number of benzene rings is 2. The predicted molar refractivity (Wildman–Crippen MR) is 102 cm³/mol. The number of carbonyl (C=O) groups excluding carboxylic acids is 2. The highest BCUT2D eigenvalue weighted by molar-refractivity contribution is 7.80. The first-order valence-corrected chi connectivity index (χ1v) is 8.13. The van der Waals surface area contributed by atoms with Gasteiger partial charge in [-0.2, -0.15) is 0 Å². The van der Waals surface area contributed by atoms with Gasteiger partial charge < -0.3 is 9.47 Å². The Labute approximate surface area is 160 Å². The summed E-state index contributed by atoms with van der Waals surface area (Å²) >= 11 is 10.8. The smallest absolute Gasteiger partial charge is 0.269 e. The summed E-state index contributed by atoms with van der Waals surface area (Å²) in [6.45, 7) is 0. The Morgan fingerprint density at radius 2 is 1.50 bits per heavy atom. The molecule has 26 heavy (non-hydrogen) atoms. The summed E-state index contributed by atoms with van der Waals surface area (Å²) in [4.78, 5) is 24.4. The molecular weight excluding hydrogens is 378 g/mol. The Kier molecular flexibility index (Phi) is 6.76. The number of halogens is 1. The number of amides is 2. The van der Waals surface area contributed by atoms with Crippen molar-refractivity contribution in [2.24, 2.45) is 0 Å². The lowest BCUT2D eigenvalue weighted by Crippen LogP contribution is -2.48. The summed E-state index contributed by atoms with van der Waals surface area (Å²) in [5.41, 5.74) is 5.40. The van der Waals surface area contributed by atoms with Gasteiger partial charge in [0.15, 0.2) is 5.11 Å². The molecule has 0 aliphatic rings. The first-order chi connectivity index (χ1) is 12.5. The van der Waals surface area contributed by atoms with Gasteiger partial charge in [0.05, 0.1) is 14.2 Å². The second-order valence-corrected chi connectivity index (χ2v) is 5.75. The van der Waals surface area contributed by atoms with E-state index in [9.17, 15) is 9.59 Å². The first-order valence-electron chi connectivity index (χ1n) is 7.34. The van der Waals surface area contributed by atoms with E-state index < -0.39 is 11.8 Å². The molecule has 2 aromatic carbocycles. The van der Waals surface area contributed by atoms with E-state index in [1.54, 1.807) is 42.5 Å². The zero-order valence-corrected chi connectivity index (χ0v) is 15.5. The number of hydrogen-bond acceptors (Lipinski definition) is 5. The van der Waals surface area contributed by atoms with E-state index in [0.29, 0.717) is 22.1 Å². The van der Waals surface area contributed by atoms with Crippen LogP contribution < -0.4 is 25.6 Å². The molecule has 0 saturated heterocycles. The van der Waals surface area contributed by atoms with Crippen LogP contribution in [0.25, 0.3) is 0 Å². The Morgan fingerprint density at radius 3 is 2.04 bits per heavy atom. The third-order valence-electron chi connectivity index (χ3n) is 3.28. The van der Waals surface area contributed by atoms with Gasteiger partial charge in [-0.1, -0.05) is 17.7 Å². The van der Waals surface area contributed by atoms with E-state index in [1.165, 1.54) is 14.2 Å². The number of hydrogen-bond donors (Lipinski definition) is 3. The van der Waals surface area contributed by atoms with Gasteiger partial charge in [-0.25, -0.2) is 0 Å². The summed E-state index contributed by atoms with van der Waals surface area (Å²) in [7, 11) is 2.88. The van der Waals surface area contributed by atoms with Crippen molar-refractivity contribution in [2.75, 3.05) is 14.2 Å². The van der Waals surface area contributed by atoms with Gasteiger partial charge in [-0.15, -0.1) is 0 Å². The van der Waals surface area contributed by atoms with Crippen molar-refractivity contribution in [1.29, 1.82) is 0 Å². The molecule has 0 aliphatic carbocycles. The van der Waals surface area contributed by atoms with E-state index in [4.69, 9.17) is 33.3 Å². The van der Waals surface area contributed by atoms with Crippen LogP contribution in [0.15, 0.2) is 42.5 Å². The summed E-state index contributed by atoms with van der Waals surface area (Å²) in [5, 5.41) is 2.87. The van der Waals surface area contributed by atoms with E-state index in [-0.39, 0.29) is 10.7 Å². The molecule has 0 unspecified atom stereocenters. The second kappa shape index (κ2) is 9.02. The van der Waals surface area contributed by atoms with Crippen LogP contribution in [-0.4, -0.2) is 31.1 Å². The molecule has 2 amide bonds. The van der Waals surface area contributed by atoms with Crippen molar-refractivity contribution in [2.45, 2.75) is 0 Å². The monoisotopic (exact) mass is 393 g/mol. The summed E-state index contributed by atoms with van der Waals surface area (Å²) in [6.07, 6.45) is 0. The van der Waals surface area contributed by atoms with Crippen molar-refractivity contribution in [3.8, 4) is 11.5 Å². The van der Waals surface area contributed by atoms with Gasteiger partial charge in [0, 0.05) is 10.6 Å². The summed E-state index contributed by atoms with van der Waals surface area (Å²) < 4.78 is 10.3. The molecule has 136 valence electrons. The van der Waals surface area contributed by atoms with Gasteiger partial charge in [0.25, 0.3) is 11.8 Å². The van der Waals surface area contributed by atoms with E-state index >= 15 is 0 Å². The van der Waals surface area contributed by atoms with E-state index in [0.717, 1.165) is 0 Å². The van der Waals surface area contributed by atoms with Crippen LogP contribution in [0.2, 0.25) is 5.02 Å². The number of ether oxygens (including phenoxy) is 2. The molecule has 9 heteroatoms. The molecular formula is C17H16ClN3O4S. The van der Waals surface area contributed by atoms with Crippen LogP contribution in [0.3, 0.4) is 0 Å². The summed E-state index contributed by atoms with van der Waals surface area (Å²) in [6, 6.07) is 11.2. The SMILES string of the molecule is COc1cccc(OC)c1C(=O)NC(=S)NNC(=O)c1ccc(Cl)cc1. The fraction of sp³-hybridized carbons (Fsp3) is 0.118. The highest BCUT2D eigenvalue weighted by Crippen LogP contribution is 2.27. The van der Waals surface area contributed by atoms with Crippen LogP contribution in [-0.2, 0) is 0 Å². The lowest BCUT2D eigenvalue weighted by atomic mass is 10.1. The lowest BCUT2D eigenvalue weighted by Gasteiger charge is -2.14. The van der Waals surface area contributed by atoms with E-state index in [2.05, 4.69) is 16.2 Å². The van der Waals surface area contributed by atoms with Crippen LogP contribution >= 0.6 is 23.8 Å². The topological polar surface area (TPSA) is 88.7 Å². The summed E-state index contributed by atoms with van der Waals surface area (Å²) in [5.74, 6) is -0.324. The van der Waals surface area contributed by atoms with Crippen molar-refractivity contribution in [3.63, 3.8) is 0 Å². The van der Waals surface area contributed by atoms with Crippen LogP contribution in [0, 0.1) is 0 Å². The van der Waals surface area contributed by atoms with Gasteiger partial charge in [-0.3, -0.25) is 25.8 Å². The number of hydrazine groups is 1. The molecule has 0 aliphatic heterocycles. The molecule has 2 aromatic rings. The zero-order chi connectivity index (χ0) is 19.1. The van der Waals surface area contributed by atoms with Crippen LogP contribution in [0.1, 0.15) is 20.7 Å². The molecule has 2 rings (SSSR count). The third-order valence-corrected chi connectivity index (χ3v) is 3.73. The van der Waals surface area contributed by atoms with E-state index in [1.807, 2.05) is 0 Å². The van der Waals surface area contributed by atoms with Gasteiger partial charge in [-0.05, 0) is 48.6 Å². The lowest BCUT2D eigenvalue weighted by molar-refractivity contribution is 0.0933. The normalized spacial score (nSPS) is 9.81. The van der Waals surface area contributed by atoms with Crippen molar-refractivity contribution in [1.82, 2.24) is 16.2 Å². The van der Waals surface area contributed by atoms with Crippen molar-refractivity contribution < 1.29 is 19.1 Å². The first kappa shape index (κ1) is 19.5. The van der Waals surface area contributed by atoms with Crippen LogP contribution in [0.4, 0.5) is 0 Å². The standard InChI is InChI=1S/C17H16ClN3O4S/c1-24-12-4-3-5-13(25-2)14(12)16(23)19-17(26)21-20-15(22)10-6-8-11(18)9-7-10/h3-9H,1-2H3,(H,20,22)(H2,19,21,23,26). The molecule has 0 atom stereocenters. The maximum Gasteiger partial charge on any atom is 0.269 e. The molecule has 7 nitrogen and oxygen atoms in total. The average molecular weight is 394 g/mol. The largest absolute Gasteiger partial charge is 0.496 e. The minimum absolute atomic E-state index is 0.0923. The third kappa shape index (κ3) is 4.84. The fourth-order valence-electron chi connectivity index (χ4n) is 2.06. The number of carbonyl (C=O) groups is 2. The fourth-order valence-corrected chi connectivity index (χ4v) is 2.33. The minimum Gasteiger partial charge on any atom is -0.496 e. The average Bonchev–Trinajstić information content (AvgIpc) is 2.65. The highest BCUT2D eigenvalue weighted by Gasteiger charge is 2.19. The molecule has 0 bridgehead atoms.